The van der Waals surface area contributed by atoms with Crippen LogP contribution >= 0.6 is 11.3 Å². The van der Waals surface area contributed by atoms with E-state index < -0.39 is 30.0 Å². The molecule has 0 aliphatic carbocycles. The fourth-order valence-electron chi connectivity index (χ4n) is 4.36. The van der Waals surface area contributed by atoms with Crippen molar-refractivity contribution in [2.24, 2.45) is 17.9 Å². The van der Waals surface area contributed by atoms with Crippen LogP contribution in [0.15, 0.2) is 41.7 Å². The number of benzene rings is 1. The normalized spacial score (nSPS) is 15.0. The van der Waals surface area contributed by atoms with E-state index in [-0.39, 0.29) is 21.8 Å². The van der Waals surface area contributed by atoms with E-state index in [4.69, 9.17) is 15.3 Å². The molecule has 4 heterocycles. The number of carbonyl (C=O) groups is 2. The number of nitrogens with two attached hydrogens (primary N) is 1. The summed E-state index contributed by atoms with van der Waals surface area (Å²) in [5.74, 6) is -0.852. The lowest BCUT2D eigenvalue weighted by molar-refractivity contribution is -0.125. The van der Waals surface area contributed by atoms with Crippen molar-refractivity contribution < 1.29 is 27.9 Å². The molecule has 1 unspecified atom stereocenters. The van der Waals surface area contributed by atoms with Gasteiger partial charge in [0, 0.05) is 36.2 Å². The van der Waals surface area contributed by atoms with Gasteiger partial charge in [0.25, 0.3) is 18.2 Å². The lowest BCUT2D eigenvalue weighted by Crippen LogP contribution is -2.29. The van der Waals surface area contributed by atoms with Crippen LogP contribution in [0, 0.1) is 6.92 Å². The van der Waals surface area contributed by atoms with E-state index in [1.807, 2.05) is 12.1 Å². The first-order valence-electron chi connectivity index (χ1n) is 11.4. The van der Waals surface area contributed by atoms with Crippen LogP contribution < -0.4 is 15.8 Å². The molecular weight excluding hydrogens is 518 g/mol. The molecule has 4 aromatic rings. The highest BCUT2D eigenvalue weighted by atomic mass is 32.1. The summed E-state index contributed by atoms with van der Waals surface area (Å²) in [6.45, 7) is 1.73. The maximum Gasteiger partial charge on any atom is 0.280 e. The molecule has 0 bridgehead atoms. The Morgan fingerprint density at radius 1 is 1.26 bits per heavy atom. The SMILES string of the molecule is COc1ccccc1C1=NOC(C(=O)Nc2c(C(N)=O)sc3nc(C(F)F)cc(-c4cn(C)nc4C)c23)C1. The zero-order chi connectivity index (χ0) is 27.1. The molecule has 1 aliphatic rings. The van der Waals surface area contributed by atoms with E-state index in [2.05, 4.69) is 20.6 Å². The van der Waals surface area contributed by atoms with Crippen LogP contribution in [0.4, 0.5) is 14.5 Å². The van der Waals surface area contributed by atoms with Gasteiger partial charge in [-0.1, -0.05) is 17.3 Å². The number of carbonyl (C=O) groups excluding carboxylic acids is 2. The minimum absolute atomic E-state index is 0.0288. The van der Waals surface area contributed by atoms with Crippen LogP contribution in [0.5, 0.6) is 5.75 Å². The van der Waals surface area contributed by atoms with Crippen molar-refractivity contribution in [3.63, 3.8) is 0 Å². The van der Waals surface area contributed by atoms with Crippen molar-refractivity contribution >= 4 is 44.8 Å². The van der Waals surface area contributed by atoms with Gasteiger partial charge in [0.15, 0.2) is 0 Å². The van der Waals surface area contributed by atoms with Gasteiger partial charge in [-0.2, -0.15) is 5.10 Å². The van der Waals surface area contributed by atoms with Gasteiger partial charge in [-0.15, -0.1) is 11.3 Å². The number of anilines is 1. The summed E-state index contributed by atoms with van der Waals surface area (Å²) in [4.78, 5) is 35.2. The quantitative estimate of drug-likeness (QED) is 0.361. The molecule has 3 N–H and O–H groups in total. The minimum atomic E-state index is -2.86. The lowest BCUT2D eigenvalue weighted by atomic mass is 10.0. The topological polar surface area (TPSA) is 134 Å². The van der Waals surface area contributed by atoms with E-state index in [9.17, 15) is 18.4 Å². The lowest BCUT2D eigenvalue weighted by Gasteiger charge is -2.12. The third-order valence-electron chi connectivity index (χ3n) is 6.06. The van der Waals surface area contributed by atoms with Crippen LogP contribution in [0.3, 0.4) is 0 Å². The molecule has 196 valence electrons. The highest BCUT2D eigenvalue weighted by molar-refractivity contribution is 7.21. The van der Waals surface area contributed by atoms with Gasteiger partial charge in [-0.3, -0.25) is 14.3 Å². The number of nitrogens with one attached hydrogen (secondary N) is 1. The van der Waals surface area contributed by atoms with E-state index >= 15 is 0 Å². The molecule has 2 amide bonds. The van der Waals surface area contributed by atoms with E-state index in [0.717, 1.165) is 11.3 Å². The number of aryl methyl sites for hydroxylation is 2. The predicted molar refractivity (Wildman–Crippen MR) is 138 cm³/mol. The number of nitrogens with zero attached hydrogens (tertiary/aromatic N) is 4. The van der Waals surface area contributed by atoms with Crippen molar-refractivity contribution in [2.45, 2.75) is 25.9 Å². The molecule has 13 heteroatoms. The standard InChI is InChI=1S/C25H22F2N6O4S/c1-11-14(10-33(2)31-11)13-8-16(22(26)27)29-25-19(13)20(21(38-25)23(28)34)30-24(35)18-9-15(32-37-18)12-6-4-5-7-17(12)36-3/h4-8,10,18,22H,9H2,1-3H3,(H2,28,34)(H,30,35). The number of hydrogen-bond donors (Lipinski definition) is 2. The number of hydrogen-bond acceptors (Lipinski definition) is 8. The Labute approximate surface area is 219 Å². The second-order valence-corrected chi connectivity index (χ2v) is 9.57. The van der Waals surface area contributed by atoms with Gasteiger partial charge in [-0.05, 0) is 30.7 Å². The highest BCUT2D eigenvalue weighted by Crippen LogP contribution is 2.43. The third-order valence-corrected chi connectivity index (χ3v) is 7.16. The van der Waals surface area contributed by atoms with Gasteiger partial charge in [0.05, 0.1) is 24.2 Å². The fourth-order valence-corrected chi connectivity index (χ4v) is 5.38. The number of amides is 2. The number of primary amides is 1. The Morgan fingerprint density at radius 3 is 2.68 bits per heavy atom. The number of alkyl halides is 2. The molecule has 0 saturated heterocycles. The summed E-state index contributed by atoms with van der Waals surface area (Å²) >= 11 is 0.825. The number of halogens is 2. The zero-order valence-electron chi connectivity index (χ0n) is 20.5. The number of aromatic nitrogens is 3. The Bertz CT molecular complexity index is 1610. The average Bonchev–Trinajstić information content (AvgIpc) is 3.60. The van der Waals surface area contributed by atoms with Crippen LogP contribution in [0.2, 0.25) is 0 Å². The molecule has 38 heavy (non-hydrogen) atoms. The number of pyridine rings is 1. The molecule has 1 atom stereocenters. The minimum Gasteiger partial charge on any atom is -0.496 e. The number of thiophene rings is 1. The second kappa shape index (κ2) is 9.82. The van der Waals surface area contributed by atoms with E-state index in [1.54, 1.807) is 37.0 Å². The maximum absolute atomic E-state index is 13.7. The molecule has 0 radical (unpaired) electrons. The molecule has 3 aromatic heterocycles. The molecule has 1 aliphatic heterocycles. The van der Waals surface area contributed by atoms with Gasteiger partial charge < -0.3 is 20.6 Å². The average molecular weight is 541 g/mol. The highest BCUT2D eigenvalue weighted by Gasteiger charge is 2.33. The fraction of sp³-hybridized carbons (Fsp3) is 0.240. The van der Waals surface area contributed by atoms with Crippen molar-refractivity contribution in [1.29, 1.82) is 0 Å². The molecule has 5 rings (SSSR count). The van der Waals surface area contributed by atoms with E-state index in [0.29, 0.717) is 39.2 Å². The summed E-state index contributed by atoms with van der Waals surface area (Å²) in [7, 11) is 3.23. The number of ether oxygens (including phenoxy) is 1. The monoisotopic (exact) mass is 540 g/mol. The van der Waals surface area contributed by atoms with Gasteiger partial charge >= 0.3 is 0 Å². The summed E-state index contributed by atoms with van der Waals surface area (Å²) in [5, 5.41) is 11.4. The maximum atomic E-state index is 13.7. The molecule has 10 nitrogen and oxygen atoms in total. The predicted octanol–water partition coefficient (Wildman–Crippen LogP) is 4.18. The van der Waals surface area contributed by atoms with E-state index in [1.165, 1.54) is 13.2 Å². The number of oxime groups is 1. The smallest absolute Gasteiger partial charge is 0.280 e. The molecule has 0 spiro atoms. The third kappa shape index (κ3) is 4.45. The van der Waals surface area contributed by atoms with Crippen molar-refractivity contribution in [3.8, 4) is 16.9 Å². The molecule has 1 aromatic carbocycles. The van der Waals surface area contributed by atoms with Crippen LogP contribution in [-0.4, -0.2) is 45.5 Å². The van der Waals surface area contributed by atoms with Crippen molar-refractivity contribution in [2.75, 3.05) is 12.4 Å². The number of rotatable bonds is 7. The Kier molecular flexibility index (Phi) is 6.53. The summed E-state index contributed by atoms with van der Waals surface area (Å²) in [6.07, 6.45) is -2.06. The van der Waals surface area contributed by atoms with Crippen molar-refractivity contribution in [3.05, 3.63) is 58.4 Å². The molecular formula is C25H22F2N6O4S. The van der Waals surface area contributed by atoms with Crippen LogP contribution in [-0.2, 0) is 16.7 Å². The number of methoxy groups -OCH3 is 1. The summed E-state index contributed by atoms with van der Waals surface area (Å²) in [5.41, 5.74) is 7.87. The Hall–Kier alpha value is -4.39. The zero-order valence-corrected chi connectivity index (χ0v) is 21.3. The number of para-hydroxylation sites is 1. The van der Waals surface area contributed by atoms with Crippen LogP contribution in [0.25, 0.3) is 21.3 Å². The second-order valence-electron chi connectivity index (χ2n) is 8.57. The first kappa shape index (κ1) is 25.3. The number of fused-ring (bicyclic) bond motifs is 1. The Balaban J connectivity index is 1.55. The Morgan fingerprint density at radius 2 is 2.03 bits per heavy atom. The summed E-state index contributed by atoms with van der Waals surface area (Å²) in [6, 6.07) is 8.43. The summed E-state index contributed by atoms with van der Waals surface area (Å²) < 4.78 is 34.4. The van der Waals surface area contributed by atoms with Gasteiger partial charge in [-0.25, -0.2) is 13.8 Å². The van der Waals surface area contributed by atoms with Gasteiger partial charge in [0.2, 0.25) is 6.10 Å². The molecule has 0 fully saturated rings. The first-order chi connectivity index (χ1) is 18.2. The largest absolute Gasteiger partial charge is 0.496 e. The van der Waals surface area contributed by atoms with Crippen molar-refractivity contribution in [1.82, 2.24) is 14.8 Å². The molecule has 0 saturated carbocycles. The van der Waals surface area contributed by atoms with Gasteiger partial charge in [0.1, 0.15) is 21.2 Å². The first-order valence-corrected chi connectivity index (χ1v) is 12.2. The van der Waals surface area contributed by atoms with Crippen LogP contribution in [0.1, 0.15) is 39.5 Å².